The molecule has 0 bridgehead atoms. The minimum atomic E-state index is -2.84. The molecule has 1 saturated heterocycles. The van der Waals surface area contributed by atoms with Crippen molar-refractivity contribution in [3.8, 4) is 5.75 Å². The second-order valence-electron chi connectivity index (χ2n) is 6.66. The molecule has 2 rings (SSSR count). The maximum atomic E-state index is 12.5. The number of hydrogen-bond acceptors (Lipinski definition) is 3. The van der Waals surface area contributed by atoms with Crippen LogP contribution < -0.4 is 4.74 Å². The van der Waals surface area contributed by atoms with Gasteiger partial charge in [-0.2, -0.15) is 8.78 Å². The summed E-state index contributed by atoms with van der Waals surface area (Å²) >= 11 is 0. The molecule has 1 fully saturated rings. The van der Waals surface area contributed by atoms with E-state index < -0.39 is 12.2 Å². The highest BCUT2D eigenvalue weighted by molar-refractivity contribution is 5.68. The third-order valence-electron chi connectivity index (χ3n) is 3.72. The maximum absolute atomic E-state index is 12.5. The second-order valence-corrected chi connectivity index (χ2v) is 6.66. The van der Waals surface area contributed by atoms with Crippen molar-refractivity contribution in [3.63, 3.8) is 0 Å². The Morgan fingerprint density at radius 1 is 1.22 bits per heavy atom. The van der Waals surface area contributed by atoms with Crippen molar-refractivity contribution >= 4 is 6.09 Å². The number of piperidine rings is 1. The van der Waals surface area contributed by atoms with Crippen LogP contribution in [0.2, 0.25) is 0 Å². The number of rotatable bonds is 3. The second kappa shape index (κ2) is 7.15. The van der Waals surface area contributed by atoms with Crippen molar-refractivity contribution in [2.45, 2.75) is 51.7 Å². The number of nitrogens with zero attached hydrogens (tertiary/aromatic N) is 1. The van der Waals surface area contributed by atoms with E-state index in [9.17, 15) is 13.6 Å². The van der Waals surface area contributed by atoms with Gasteiger partial charge in [0.05, 0.1) is 0 Å². The molecule has 1 amide bonds. The Morgan fingerprint density at radius 3 is 2.39 bits per heavy atom. The summed E-state index contributed by atoms with van der Waals surface area (Å²) in [5.74, 6) is 0.321. The van der Waals surface area contributed by atoms with E-state index in [0.29, 0.717) is 25.9 Å². The van der Waals surface area contributed by atoms with Crippen molar-refractivity contribution in [1.82, 2.24) is 4.90 Å². The summed E-state index contributed by atoms with van der Waals surface area (Å²) in [6.07, 6.45) is 1.07. The zero-order valence-corrected chi connectivity index (χ0v) is 13.7. The summed E-state index contributed by atoms with van der Waals surface area (Å²) in [6.45, 7) is 3.74. The van der Waals surface area contributed by atoms with Crippen molar-refractivity contribution in [2.24, 2.45) is 0 Å². The number of hydrogen-bond donors (Lipinski definition) is 0. The van der Waals surface area contributed by atoms with Gasteiger partial charge in [0.25, 0.3) is 0 Å². The predicted molar refractivity (Wildman–Crippen MR) is 82.9 cm³/mol. The average Bonchev–Trinajstić information content (AvgIpc) is 2.45. The van der Waals surface area contributed by atoms with E-state index in [-0.39, 0.29) is 17.8 Å². The van der Waals surface area contributed by atoms with E-state index in [1.165, 1.54) is 0 Å². The van der Waals surface area contributed by atoms with Crippen LogP contribution in [0.5, 0.6) is 5.75 Å². The van der Waals surface area contributed by atoms with Gasteiger partial charge in [-0.15, -0.1) is 0 Å². The van der Waals surface area contributed by atoms with E-state index in [1.54, 1.807) is 17.0 Å². The highest BCUT2D eigenvalue weighted by Gasteiger charge is 2.28. The summed E-state index contributed by atoms with van der Waals surface area (Å²) < 4.78 is 35.0. The van der Waals surface area contributed by atoms with Crippen molar-refractivity contribution in [3.05, 3.63) is 29.8 Å². The number of likely N-dealkylation sites (tertiary alicyclic amines) is 1. The van der Waals surface area contributed by atoms with Crippen LogP contribution in [0.25, 0.3) is 0 Å². The smallest absolute Gasteiger partial charge is 0.410 e. The summed E-state index contributed by atoms with van der Waals surface area (Å²) in [5.41, 5.74) is 0.252. The number of amides is 1. The third kappa shape index (κ3) is 5.08. The summed E-state index contributed by atoms with van der Waals surface area (Å²) in [6, 6.07) is 6.86. The molecule has 1 aliphatic heterocycles. The molecular formula is C17H23F2NO3. The van der Waals surface area contributed by atoms with E-state index in [4.69, 9.17) is 4.74 Å². The summed E-state index contributed by atoms with van der Waals surface area (Å²) in [4.78, 5) is 13.7. The first-order chi connectivity index (χ1) is 10.8. The van der Waals surface area contributed by atoms with E-state index in [2.05, 4.69) is 4.74 Å². The Hall–Kier alpha value is -1.85. The molecule has 1 heterocycles. The highest BCUT2D eigenvalue weighted by atomic mass is 19.3. The van der Waals surface area contributed by atoms with E-state index >= 15 is 0 Å². The molecule has 4 nitrogen and oxygen atoms in total. The molecule has 0 saturated carbocycles. The van der Waals surface area contributed by atoms with Crippen LogP contribution in [-0.2, 0) is 4.74 Å². The van der Waals surface area contributed by atoms with Gasteiger partial charge in [0.2, 0.25) is 0 Å². The monoisotopic (exact) mass is 327 g/mol. The zero-order chi connectivity index (χ0) is 17.0. The lowest BCUT2D eigenvalue weighted by molar-refractivity contribution is -0.0507. The molecule has 0 spiro atoms. The van der Waals surface area contributed by atoms with Crippen molar-refractivity contribution in [2.75, 3.05) is 13.1 Å². The molecular weight excluding hydrogens is 304 g/mol. The molecule has 6 heteroatoms. The fraction of sp³-hybridized carbons (Fsp3) is 0.588. The number of carbonyl (C=O) groups excluding carboxylic acids is 1. The highest BCUT2D eigenvalue weighted by Crippen LogP contribution is 2.35. The predicted octanol–water partition coefficient (Wildman–Crippen LogP) is 4.40. The van der Waals surface area contributed by atoms with Crippen LogP contribution in [-0.4, -0.2) is 36.3 Å². The Bertz CT molecular complexity index is 535. The molecule has 128 valence electrons. The van der Waals surface area contributed by atoms with E-state index in [0.717, 1.165) is 5.56 Å². The number of alkyl halides is 2. The van der Waals surface area contributed by atoms with Gasteiger partial charge in [-0.25, -0.2) is 4.79 Å². The minimum absolute atomic E-state index is 0.101. The lowest BCUT2D eigenvalue weighted by atomic mass is 9.89. The number of benzene rings is 1. The van der Waals surface area contributed by atoms with Gasteiger partial charge in [-0.05, 0) is 51.2 Å². The maximum Gasteiger partial charge on any atom is 0.410 e. The van der Waals surface area contributed by atoms with Gasteiger partial charge < -0.3 is 14.4 Å². The van der Waals surface area contributed by atoms with Crippen molar-refractivity contribution in [1.29, 1.82) is 0 Å². The molecule has 23 heavy (non-hydrogen) atoms. The first kappa shape index (κ1) is 17.5. The number of carbonyl (C=O) groups is 1. The summed E-state index contributed by atoms with van der Waals surface area (Å²) in [5, 5.41) is 0. The average molecular weight is 327 g/mol. The number of ether oxygens (including phenoxy) is 2. The van der Waals surface area contributed by atoms with Crippen LogP contribution in [0.1, 0.15) is 45.1 Å². The van der Waals surface area contributed by atoms with Crippen LogP contribution in [0, 0.1) is 0 Å². The zero-order valence-electron chi connectivity index (χ0n) is 13.7. The quantitative estimate of drug-likeness (QED) is 0.826. The van der Waals surface area contributed by atoms with Gasteiger partial charge in [0.1, 0.15) is 11.4 Å². The Labute approximate surface area is 135 Å². The molecule has 0 unspecified atom stereocenters. The van der Waals surface area contributed by atoms with E-state index in [1.807, 2.05) is 32.9 Å². The van der Waals surface area contributed by atoms with Crippen LogP contribution >= 0.6 is 0 Å². The van der Waals surface area contributed by atoms with Crippen LogP contribution in [0.3, 0.4) is 0 Å². The SMILES string of the molecule is CC(C)(C)OC(=O)N1CCC(c2ccccc2OC(F)F)CC1. The Balaban J connectivity index is 1.98. The molecule has 1 aromatic rings. The van der Waals surface area contributed by atoms with Crippen molar-refractivity contribution < 1.29 is 23.0 Å². The lowest BCUT2D eigenvalue weighted by Crippen LogP contribution is -2.41. The largest absolute Gasteiger partial charge is 0.444 e. The lowest BCUT2D eigenvalue weighted by Gasteiger charge is -2.34. The normalized spacial score (nSPS) is 16.5. The molecule has 0 radical (unpaired) electrons. The topological polar surface area (TPSA) is 38.8 Å². The Kier molecular flexibility index (Phi) is 5.44. The summed E-state index contributed by atoms with van der Waals surface area (Å²) in [7, 11) is 0. The molecule has 0 atom stereocenters. The molecule has 1 aromatic carbocycles. The molecule has 0 aromatic heterocycles. The first-order valence-corrected chi connectivity index (χ1v) is 7.78. The minimum Gasteiger partial charge on any atom is -0.444 e. The van der Waals surface area contributed by atoms with Gasteiger partial charge >= 0.3 is 12.7 Å². The number of para-hydroxylation sites is 1. The fourth-order valence-electron chi connectivity index (χ4n) is 2.72. The molecule has 0 aliphatic carbocycles. The van der Waals surface area contributed by atoms with Gasteiger partial charge in [0.15, 0.2) is 0 Å². The van der Waals surface area contributed by atoms with Crippen LogP contribution in [0.15, 0.2) is 24.3 Å². The third-order valence-corrected chi connectivity index (χ3v) is 3.72. The van der Waals surface area contributed by atoms with Gasteiger partial charge in [-0.1, -0.05) is 18.2 Å². The first-order valence-electron chi connectivity index (χ1n) is 7.78. The van der Waals surface area contributed by atoms with Gasteiger partial charge in [-0.3, -0.25) is 0 Å². The van der Waals surface area contributed by atoms with Gasteiger partial charge in [0, 0.05) is 13.1 Å². The fourth-order valence-corrected chi connectivity index (χ4v) is 2.72. The Morgan fingerprint density at radius 2 is 1.83 bits per heavy atom. The van der Waals surface area contributed by atoms with Crippen LogP contribution in [0.4, 0.5) is 13.6 Å². The standard InChI is InChI=1S/C17H23F2NO3/c1-17(2,3)23-16(21)20-10-8-12(9-11-20)13-6-4-5-7-14(13)22-15(18)19/h4-7,12,15H,8-11H2,1-3H3. The molecule has 0 N–H and O–H groups in total. The molecule has 1 aliphatic rings. The number of halogens is 2.